The van der Waals surface area contributed by atoms with Gasteiger partial charge in [0.1, 0.15) is 6.04 Å². The zero-order valence-electron chi connectivity index (χ0n) is 17.7. The first-order chi connectivity index (χ1) is 15.0. The van der Waals surface area contributed by atoms with E-state index in [1.165, 1.54) is 0 Å². The van der Waals surface area contributed by atoms with Gasteiger partial charge < -0.3 is 21.4 Å². The number of carbonyl (C=O) groups is 1. The van der Waals surface area contributed by atoms with Gasteiger partial charge in [-0.1, -0.05) is 36.4 Å². The molecule has 5 N–H and O–H groups in total. The number of benzodiazepines with no additional fused rings is 1. The summed E-state index contributed by atoms with van der Waals surface area (Å²) in [6.45, 7) is 3.14. The standard InChI is InChI=1S/C24H28N6O/c1-16-18-8-3-5-11-22(18)30(13-7-6-12-27-24(25)26)23(31)21(29-16)14-17-15-28-20-10-4-2-9-19(17)20/h2-5,8-11,15,21,28H,6-7,12-14H2,1H3,(H4,25,26,27)/t21-/m1/s1. The molecule has 1 aliphatic heterocycles. The quantitative estimate of drug-likeness (QED) is 0.313. The highest BCUT2D eigenvalue weighted by Crippen LogP contribution is 2.28. The van der Waals surface area contributed by atoms with Gasteiger partial charge in [-0.05, 0) is 37.5 Å². The van der Waals surface area contributed by atoms with E-state index in [9.17, 15) is 4.79 Å². The SMILES string of the molecule is CC1=N[C@H](Cc2c[nH]c3ccccc23)C(=O)N(CCCCN=C(N)N)c2ccccc21. The van der Waals surface area contributed by atoms with E-state index in [0.29, 0.717) is 19.5 Å². The van der Waals surface area contributed by atoms with Gasteiger partial charge >= 0.3 is 0 Å². The molecule has 3 aromatic rings. The van der Waals surface area contributed by atoms with E-state index in [0.717, 1.165) is 46.3 Å². The third-order valence-corrected chi connectivity index (χ3v) is 5.66. The maximum atomic E-state index is 13.6. The van der Waals surface area contributed by atoms with Crippen molar-refractivity contribution in [1.29, 1.82) is 0 Å². The summed E-state index contributed by atoms with van der Waals surface area (Å²) >= 11 is 0. The van der Waals surface area contributed by atoms with Crippen molar-refractivity contribution >= 4 is 34.2 Å². The summed E-state index contributed by atoms with van der Waals surface area (Å²) in [6, 6.07) is 15.6. The molecule has 0 saturated heterocycles. The number of para-hydroxylation sites is 2. The van der Waals surface area contributed by atoms with E-state index in [1.807, 2.05) is 60.5 Å². The molecule has 0 fully saturated rings. The number of hydrogen-bond acceptors (Lipinski definition) is 3. The number of nitrogens with zero attached hydrogens (tertiary/aromatic N) is 3. The van der Waals surface area contributed by atoms with Gasteiger partial charge in [0.15, 0.2) is 5.96 Å². The van der Waals surface area contributed by atoms with Crippen LogP contribution in [0.3, 0.4) is 0 Å². The fourth-order valence-corrected chi connectivity index (χ4v) is 4.13. The number of unbranched alkanes of at least 4 members (excludes halogenated alkanes) is 1. The second kappa shape index (κ2) is 9.04. The van der Waals surface area contributed by atoms with E-state index in [1.54, 1.807) is 0 Å². The van der Waals surface area contributed by atoms with Gasteiger partial charge in [-0.3, -0.25) is 14.8 Å². The Morgan fingerprint density at radius 2 is 1.90 bits per heavy atom. The summed E-state index contributed by atoms with van der Waals surface area (Å²) in [5.41, 5.74) is 15.8. The highest BCUT2D eigenvalue weighted by atomic mass is 16.2. The van der Waals surface area contributed by atoms with Crippen LogP contribution in [0.15, 0.2) is 64.7 Å². The van der Waals surface area contributed by atoms with Crippen molar-refractivity contribution < 1.29 is 4.79 Å². The number of rotatable bonds is 7. The molecule has 2 heterocycles. The summed E-state index contributed by atoms with van der Waals surface area (Å²) < 4.78 is 0. The second-order valence-electron chi connectivity index (χ2n) is 7.81. The highest BCUT2D eigenvalue weighted by molar-refractivity contribution is 6.12. The highest BCUT2D eigenvalue weighted by Gasteiger charge is 2.30. The monoisotopic (exact) mass is 416 g/mol. The average Bonchev–Trinajstić information content (AvgIpc) is 3.14. The molecular weight excluding hydrogens is 388 g/mol. The second-order valence-corrected chi connectivity index (χ2v) is 7.81. The summed E-state index contributed by atoms with van der Waals surface area (Å²) in [5.74, 6) is 0.121. The first-order valence-corrected chi connectivity index (χ1v) is 10.6. The van der Waals surface area contributed by atoms with Crippen LogP contribution in [0.4, 0.5) is 5.69 Å². The molecule has 1 aromatic heterocycles. The minimum Gasteiger partial charge on any atom is -0.370 e. The van der Waals surface area contributed by atoms with Crippen LogP contribution in [-0.4, -0.2) is 41.7 Å². The Morgan fingerprint density at radius 3 is 2.74 bits per heavy atom. The number of H-pyrrole nitrogens is 1. The number of nitrogens with two attached hydrogens (primary N) is 2. The number of guanidine groups is 1. The summed E-state index contributed by atoms with van der Waals surface area (Å²) in [4.78, 5) is 27.7. The molecule has 31 heavy (non-hydrogen) atoms. The molecule has 7 nitrogen and oxygen atoms in total. The van der Waals surface area contributed by atoms with E-state index in [4.69, 9.17) is 16.5 Å². The Hall–Kier alpha value is -3.61. The minimum atomic E-state index is -0.468. The predicted molar refractivity (Wildman–Crippen MR) is 127 cm³/mol. The van der Waals surface area contributed by atoms with Gasteiger partial charge in [0.2, 0.25) is 0 Å². The average molecular weight is 417 g/mol. The molecule has 0 radical (unpaired) electrons. The van der Waals surface area contributed by atoms with Gasteiger partial charge in [-0.25, -0.2) is 0 Å². The van der Waals surface area contributed by atoms with Gasteiger partial charge in [0.25, 0.3) is 5.91 Å². The van der Waals surface area contributed by atoms with Crippen molar-refractivity contribution in [2.75, 3.05) is 18.0 Å². The maximum Gasteiger partial charge on any atom is 0.252 e. The normalized spacial score (nSPS) is 16.0. The van der Waals surface area contributed by atoms with Crippen molar-refractivity contribution in [3.05, 3.63) is 65.9 Å². The van der Waals surface area contributed by atoms with Crippen molar-refractivity contribution in [2.24, 2.45) is 21.5 Å². The lowest BCUT2D eigenvalue weighted by Crippen LogP contribution is -2.39. The van der Waals surface area contributed by atoms with Crippen LogP contribution in [0.5, 0.6) is 0 Å². The van der Waals surface area contributed by atoms with E-state index >= 15 is 0 Å². The molecular formula is C24H28N6O. The third kappa shape index (κ3) is 4.45. The molecule has 160 valence electrons. The smallest absolute Gasteiger partial charge is 0.252 e. The number of aliphatic imine (C=N–C) groups is 2. The largest absolute Gasteiger partial charge is 0.370 e. The Labute approximate surface area is 181 Å². The van der Waals surface area contributed by atoms with E-state index in [2.05, 4.69) is 16.0 Å². The Balaban J connectivity index is 1.60. The Bertz CT molecular complexity index is 1140. The van der Waals surface area contributed by atoms with Crippen molar-refractivity contribution in [1.82, 2.24) is 4.98 Å². The lowest BCUT2D eigenvalue weighted by molar-refractivity contribution is -0.119. The molecule has 0 bridgehead atoms. The zero-order chi connectivity index (χ0) is 21.8. The molecule has 0 unspecified atom stereocenters. The van der Waals surface area contributed by atoms with Crippen LogP contribution >= 0.6 is 0 Å². The minimum absolute atomic E-state index is 0.0245. The third-order valence-electron chi connectivity index (χ3n) is 5.66. The molecule has 0 saturated carbocycles. The van der Waals surface area contributed by atoms with Crippen molar-refractivity contribution in [2.45, 2.75) is 32.2 Å². The van der Waals surface area contributed by atoms with Gasteiger partial charge in [-0.2, -0.15) is 0 Å². The van der Waals surface area contributed by atoms with Crippen LogP contribution in [0.1, 0.15) is 30.9 Å². The number of benzene rings is 2. The van der Waals surface area contributed by atoms with Crippen molar-refractivity contribution in [3.8, 4) is 0 Å². The Kier molecular flexibility index (Phi) is 6.02. The molecule has 2 aromatic carbocycles. The lowest BCUT2D eigenvalue weighted by atomic mass is 10.0. The van der Waals surface area contributed by atoms with E-state index < -0.39 is 6.04 Å². The predicted octanol–water partition coefficient (Wildman–Crippen LogP) is 2.99. The van der Waals surface area contributed by atoms with Gasteiger partial charge in [-0.15, -0.1) is 0 Å². The van der Waals surface area contributed by atoms with Crippen LogP contribution in [0.25, 0.3) is 10.9 Å². The topological polar surface area (TPSA) is 113 Å². The van der Waals surface area contributed by atoms with Crippen LogP contribution in [0, 0.1) is 0 Å². The number of aromatic amines is 1. The fraction of sp³-hybridized carbons (Fsp3) is 0.292. The maximum absolute atomic E-state index is 13.6. The number of hydrogen-bond donors (Lipinski definition) is 3. The molecule has 0 aliphatic carbocycles. The molecule has 1 aliphatic rings. The molecule has 4 rings (SSSR count). The molecule has 1 amide bonds. The van der Waals surface area contributed by atoms with E-state index in [-0.39, 0.29) is 11.9 Å². The van der Waals surface area contributed by atoms with Gasteiger partial charge in [0, 0.05) is 47.9 Å². The number of anilines is 1. The fourth-order valence-electron chi connectivity index (χ4n) is 4.13. The Morgan fingerprint density at radius 1 is 1.13 bits per heavy atom. The zero-order valence-corrected chi connectivity index (χ0v) is 17.7. The van der Waals surface area contributed by atoms with Crippen LogP contribution < -0.4 is 16.4 Å². The summed E-state index contributed by atoms with van der Waals surface area (Å²) in [5, 5.41) is 1.13. The van der Waals surface area contributed by atoms with Crippen LogP contribution in [0.2, 0.25) is 0 Å². The number of fused-ring (bicyclic) bond motifs is 2. The number of aromatic nitrogens is 1. The first-order valence-electron chi connectivity index (χ1n) is 10.6. The van der Waals surface area contributed by atoms with Crippen LogP contribution in [-0.2, 0) is 11.2 Å². The summed E-state index contributed by atoms with van der Waals surface area (Å²) in [6.07, 6.45) is 4.14. The molecule has 7 heteroatoms. The molecule has 0 spiro atoms. The summed E-state index contributed by atoms with van der Waals surface area (Å²) in [7, 11) is 0. The number of carbonyl (C=O) groups excluding carboxylic acids is 1. The molecule has 1 atom stereocenters. The van der Waals surface area contributed by atoms with Crippen molar-refractivity contribution in [3.63, 3.8) is 0 Å². The first kappa shape index (κ1) is 20.7. The lowest BCUT2D eigenvalue weighted by Gasteiger charge is -2.25. The van der Waals surface area contributed by atoms with Gasteiger partial charge in [0.05, 0.1) is 5.69 Å². The number of nitrogens with one attached hydrogen (secondary N) is 1. The number of amides is 1.